The molecular weight excluding hydrogens is 508 g/mol. The lowest BCUT2D eigenvalue weighted by atomic mass is 9.84. The first-order valence-electron chi connectivity index (χ1n) is 14.2. The van der Waals surface area contributed by atoms with Gasteiger partial charge in [-0.3, -0.25) is 9.97 Å². The van der Waals surface area contributed by atoms with E-state index in [9.17, 15) is 0 Å². The van der Waals surface area contributed by atoms with Crippen molar-refractivity contribution < 1.29 is 0 Å². The second kappa shape index (κ2) is 10.1. The first-order chi connectivity index (χ1) is 20.8. The summed E-state index contributed by atoms with van der Waals surface area (Å²) in [6.07, 6.45) is 7.49. The number of fused-ring (bicyclic) bond motifs is 3. The molecule has 2 aromatic heterocycles. The molecule has 42 heavy (non-hydrogen) atoms. The van der Waals surface area contributed by atoms with Gasteiger partial charge in [-0.05, 0) is 72.3 Å². The molecule has 0 bridgehead atoms. The Hall–Kier alpha value is -5.60. The van der Waals surface area contributed by atoms with E-state index < -0.39 is 0 Å². The van der Waals surface area contributed by atoms with Gasteiger partial charge >= 0.3 is 0 Å². The van der Waals surface area contributed by atoms with Crippen LogP contribution in [0.3, 0.4) is 0 Å². The van der Waals surface area contributed by atoms with Gasteiger partial charge in [0.1, 0.15) is 0 Å². The fourth-order valence-corrected chi connectivity index (χ4v) is 6.29. The van der Waals surface area contributed by atoms with Crippen LogP contribution in [0.1, 0.15) is 0 Å². The molecule has 2 nitrogen and oxygen atoms in total. The summed E-state index contributed by atoms with van der Waals surface area (Å²) in [6.45, 7) is 0. The molecule has 2 heterocycles. The maximum absolute atomic E-state index is 4.53. The molecule has 0 amide bonds. The molecule has 0 saturated heterocycles. The summed E-state index contributed by atoms with van der Waals surface area (Å²) in [6, 6.07) is 48.1. The van der Waals surface area contributed by atoms with E-state index in [1.54, 1.807) is 6.20 Å². The Bertz CT molecular complexity index is 2170. The number of benzene rings is 6. The number of nitrogens with zero attached hydrogens (tertiary/aromatic N) is 2. The minimum absolute atomic E-state index is 1.06. The van der Waals surface area contributed by atoms with Gasteiger partial charge in [-0.1, -0.05) is 121 Å². The van der Waals surface area contributed by atoms with Crippen molar-refractivity contribution in [2.24, 2.45) is 0 Å². The van der Waals surface area contributed by atoms with E-state index in [-0.39, 0.29) is 0 Å². The molecular formula is C40H26N2. The highest BCUT2D eigenvalue weighted by atomic mass is 14.6. The molecule has 196 valence electrons. The molecule has 0 unspecified atom stereocenters. The molecule has 8 rings (SSSR count). The van der Waals surface area contributed by atoms with Crippen molar-refractivity contribution in [1.29, 1.82) is 0 Å². The Balaban J connectivity index is 1.32. The van der Waals surface area contributed by atoms with Crippen LogP contribution in [0, 0.1) is 0 Å². The van der Waals surface area contributed by atoms with Crippen molar-refractivity contribution in [2.75, 3.05) is 0 Å². The molecule has 2 heteroatoms. The van der Waals surface area contributed by atoms with Gasteiger partial charge in [-0.15, -0.1) is 0 Å². The van der Waals surface area contributed by atoms with Gasteiger partial charge in [-0.2, -0.15) is 0 Å². The summed E-state index contributed by atoms with van der Waals surface area (Å²) < 4.78 is 0. The van der Waals surface area contributed by atoms with Gasteiger partial charge < -0.3 is 0 Å². The summed E-state index contributed by atoms with van der Waals surface area (Å²) in [5.74, 6) is 0. The van der Waals surface area contributed by atoms with Crippen molar-refractivity contribution >= 4 is 32.3 Å². The fourth-order valence-electron chi connectivity index (χ4n) is 6.29. The smallest absolute Gasteiger partial charge is 0.0347 e. The molecule has 0 fully saturated rings. The topological polar surface area (TPSA) is 25.8 Å². The van der Waals surface area contributed by atoms with Gasteiger partial charge in [0.05, 0.1) is 0 Å². The Morgan fingerprint density at radius 2 is 0.881 bits per heavy atom. The largest absolute Gasteiger partial charge is 0.264 e. The molecule has 0 saturated carbocycles. The Kier molecular flexibility index (Phi) is 5.82. The highest BCUT2D eigenvalue weighted by Crippen LogP contribution is 2.45. The summed E-state index contributed by atoms with van der Waals surface area (Å²) >= 11 is 0. The highest BCUT2D eigenvalue weighted by molar-refractivity contribution is 6.23. The molecule has 0 aliphatic carbocycles. The number of hydrogen-bond acceptors (Lipinski definition) is 2. The summed E-state index contributed by atoms with van der Waals surface area (Å²) in [5, 5.41) is 7.57. The zero-order chi connectivity index (χ0) is 27.9. The van der Waals surface area contributed by atoms with E-state index in [0.717, 1.165) is 22.3 Å². The summed E-state index contributed by atoms with van der Waals surface area (Å²) in [7, 11) is 0. The standard InChI is InChI=1S/C40H26N2/c1-2-12-33-28(9-1)10-7-17-34(33)40-37-15-5-3-13-35(37)39(36-14-4-6-16-38(36)40)29-20-18-27(19-21-29)31-23-32(26-42-25-31)30-11-8-22-41-24-30/h1-26H. The Morgan fingerprint density at radius 1 is 0.333 bits per heavy atom. The number of aromatic nitrogens is 2. The maximum Gasteiger partial charge on any atom is 0.0347 e. The van der Waals surface area contributed by atoms with E-state index in [0.29, 0.717) is 0 Å². The number of pyridine rings is 2. The normalized spacial score (nSPS) is 11.3. The molecule has 0 radical (unpaired) electrons. The third-order valence-corrected chi connectivity index (χ3v) is 8.23. The van der Waals surface area contributed by atoms with Crippen molar-refractivity contribution in [3.05, 3.63) is 158 Å². The summed E-state index contributed by atoms with van der Waals surface area (Å²) in [5.41, 5.74) is 9.37. The van der Waals surface area contributed by atoms with Crippen LogP contribution >= 0.6 is 0 Å². The second-order valence-electron chi connectivity index (χ2n) is 10.6. The maximum atomic E-state index is 4.53. The third kappa shape index (κ3) is 4.05. The predicted molar refractivity (Wildman–Crippen MR) is 176 cm³/mol. The zero-order valence-electron chi connectivity index (χ0n) is 22.9. The van der Waals surface area contributed by atoms with Crippen LogP contribution in [0.2, 0.25) is 0 Å². The van der Waals surface area contributed by atoms with Crippen LogP contribution in [0.15, 0.2) is 158 Å². The quantitative estimate of drug-likeness (QED) is 0.210. The zero-order valence-corrected chi connectivity index (χ0v) is 22.9. The van der Waals surface area contributed by atoms with E-state index in [1.807, 2.05) is 24.7 Å². The minimum Gasteiger partial charge on any atom is -0.264 e. The van der Waals surface area contributed by atoms with Gasteiger partial charge in [0.15, 0.2) is 0 Å². The molecule has 0 N–H and O–H groups in total. The lowest BCUT2D eigenvalue weighted by Gasteiger charge is -2.19. The van der Waals surface area contributed by atoms with Crippen LogP contribution in [0.4, 0.5) is 0 Å². The van der Waals surface area contributed by atoms with Crippen LogP contribution in [0.5, 0.6) is 0 Å². The fraction of sp³-hybridized carbons (Fsp3) is 0. The Labute approximate surface area is 244 Å². The predicted octanol–water partition coefficient (Wildman–Crippen LogP) is 10.6. The van der Waals surface area contributed by atoms with E-state index in [2.05, 4.69) is 137 Å². The monoisotopic (exact) mass is 534 g/mol. The molecule has 0 aliphatic rings. The lowest BCUT2D eigenvalue weighted by Crippen LogP contribution is -1.91. The van der Waals surface area contributed by atoms with Gasteiger partial charge in [0.2, 0.25) is 0 Å². The molecule has 8 aromatic rings. The third-order valence-electron chi connectivity index (χ3n) is 8.23. The highest BCUT2D eigenvalue weighted by Gasteiger charge is 2.17. The van der Waals surface area contributed by atoms with E-state index in [4.69, 9.17) is 0 Å². The van der Waals surface area contributed by atoms with Crippen LogP contribution in [0.25, 0.3) is 76.8 Å². The van der Waals surface area contributed by atoms with Gasteiger partial charge in [-0.25, -0.2) is 0 Å². The van der Waals surface area contributed by atoms with E-state index in [1.165, 1.54) is 54.6 Å². The lowest BCUT2D eigenvalue weighted by molar-refractivity contribution is 1.30. The average Bonchev–Trinajstić information content (AvgIpc) is 3.07. The molecule has 0 spiro atoms. The molecule has 6 aromatic carbocycles. The van der Waals surface area contributed by atoms with Gasteiger partial charge in [0.25, 0.3) is 0 Å². The van der Waals surface area contributed by atoms with Crippen molar-refractivity contribution in [3.63, 3.8) is 0 Å². The first kappa shape index (κ1) is 24.2. The second-order valence-corrected chi connectivity index (χ2v) is 10.6. The molecule has 0 aliphatic heterocycles. The van der Waals surface area contributed by atoms with E-state index >= 15 is 0 Å². The summed E-state index contributed by atoms with van der Waals surface area (Å²) in [4.78, 5) is 8.80. The van der Waals surface area contributed by atoms with Crippen LogP contribution in [-0.2, 0) is 0 Å². The average molecular weight is 535 g/mol. The number of hydrogen-bond donors (Lipinski definition) is 0. The van der Waals surface area contributed by atoms with Crippen molar-refractivity contribution in [1.82, 2.24) is 9.97 Å². The Morgan fingerprint density at radius 3 is 1.55 bits per heavy atom. The first-order valence-corrected chi connectivity index (χ1v) is 14.2. The molecule has 0 atom stereocenters. The SMILES string of the molecule is c1cncc(-c2cncc(-c3ccc(-c4c5ccccc5c(-c5cccc6ccccc56)c5ccccc45)cc3)c2)c1. The van der Waals surface area contributed by atoms with Crippen molar-refractivity contribution in [2.45, 2.75) is 0 Å². The van der Waals surface area contributed by atoms with Crippen molar-refractivity contribution in [3.8, 4) is 44.5 Å². The van der Waals surface area contributed by atoms with Crippen LogP contribution in [-0.4, -0.2) is 9.97 Å². The number of rotatable bonds is 4. The van der Waals surface area contributed by atoms with Crippen LogP contribution < -0.4 is 0 Å². The van der Waals surface area contributed by atoms with Gasteiger partial charge in [0, 0.05) is 41.5 Å². The minimum atomic E-state index is 1.06.